The summed E-state index contributed by atoms with van der Waals surface area (Å²) in [4.78, 5) is 16.3. The van der Waals surface area contributed by atoms with Gasteiger partial charge in [0.25, 0.3) is 16.0 Å². The zero-order valence-electron chi connectivity index (χ0n) is 21.7. The number of rotatable bonds is 7. The lowest BCUT2D eigenvalue weighted by molar-refractivity contribution is -0.133. The van der Waals surface area contributed by atoms with Gasteiger partial charge >= 0.3 is 0 Å². The van der Waals surface area contributed by atoms with E-state index in [4.69, 9.17) is 11.0 Å². The van der Waals surface area contributed by atoms with Crippen LogP contribution in [-0.4, -0.2) is 61.8 Å². The first kappa shape index (κ1) is 31.3. The number of hydrogen-bond donors (Lipinski definition) is 3. The maximum atomic E-state index is 13.4. The number of benzene rings is 3. The molecule has 0 atom stereocenters. The molecule has 3 N–H and O–H groups in total. The number of aryl methyl sites for hydroxylation is 1. The molecule has 0 aromatic heterocycles. The number of carbonyl (C=O) groups is 1. The summed E-state index contributed by atoms with van der Waals surface area (Å²) in [6, 6.07) is 22.2. The fourth-order valence-corrected chi connectivity index (χ4v) is 7.44. The van der Waals surface area contributed by atoms with Crippen LogP contribution in [0.1, 0.15) is 18.4 Å². The topological polar surface area (TPSA) is 141 Å². The summed E-state index contributed by atoms with van der Waals surface area (Å²) in [5, 5.41) is 9.23. The van der Waals surface area contributed by atoms with Gasteiger partial charge in [0.2, 0.25) is 0 Å². The van der Waals surface area contributed by atoms with Crippen molar-refractivity contribution in [2.45, 2.75) is 44.1 Å². The number of terminal acetylenes is 1. The van der Waals surface area contributed by atoms with Crippen LogP contribution in [0.3, 0.4) is 0 Å². The summed E-state index contributed by atoms with van der Waals surface area (Å²) >= 11 is 1.52. The van der Waals surface area contributed by atoms with Gasteiger partial charge < -0.3 is 0 Å². The van der Waals surface area contributed by atoms with E-state index in [1.165, 1.54) is 36.0 Å². The number of sulfone groups is 1. The Hall–Kier alpha value is -3.18. The molecule has 1 amide bonds. The summed E-state index contributed by atoms with van der Waals surface area (Å²) in [5.74, 6) is 1.63. The Balaban J connectivity index is 0.000000336. The van der Waals surface area contributed by atoms with E-state index in [-0.39, 0.29) is 22.6 Å². The van der Waals surface area contributed by atoms with E-state index >= 15 is 0 Å². The van der Waals surface area contributed by atoms with E-state index in [9.17, 15) is 26.8 Å². The predicted molar refractivity (Wildman–Crippen MR) is 152 cm³/mol. The highest BCUT2D eigenvalue weighted by Crippen LogP contribution is 2.37. The number of nitrogens with one attached hydrogen (secondary N) is 1. The summed E-state index contributed by atoms with van der Waals surface area (Å²) in [6.45, 7) is 2.95. The second-order valence-electron chi connectivity index (χ2n) is 9.09. The lowest BCUT2D eigenvalue weighted by Gasteiger charge is -2.38. The van der Waals surface area contributed by atoms with Crippen molar-refractivity contribution >= 4 is 37.6 Å². The van der Waals surface area contributed by atoms with Crippen LogP contribution in [0.5, 0.6) is 0 Å². The van der Waals surface area contributed by atoms with Gasteiger partial charge in [-0.1, -0.05) is 53.6 Å². The average Bonchev–Trinajstić information content (AvgIpc) is 2.94. The molecule has 3 aromatic rings. The zero-order valence-corrected chi connectivity index (χ0v) is 24.2. The SMILES string of the molecule is C#CCN1CCC(C(=O)NO)(S(=O)(=O)c2ccc(Sc3ccccc3)cc2)CC1.Cc1ccc(S(=O)(=O)O)cc1. The van der Waals surface area contributed by atoms with Crippen molar-refractivity contribution in [1.29, 1.82) is 0 Å². The second-order valence-corrected chi connectivity index (χ2v) is 13.9. The molecule has 9 nitrogen and oxygen atoms in total. The molecule has 0 aliphatic carbocycles. The monoisotopic (exact) mass is 602 g/mol. The Labute approximate surface area is 239 Å². The van der Waals surface area contributed by atoms with Crippen molar-refractivity contribution in [3.05, 3.63) is 84.4 Å². The molecular formula is C28H30N2O7S3. The molecule has 3 aromatic carbocycles. The van der Waals surface area contributed by atoms with Gasteiger partial charge in [0.05, 0.1) is 16.3 Å². The predicted octanol–water partition coefficient (Wildman–Crippen LogP) is 3.83. The van der Waals surface area contributed by atoms with E-state index in [1.807, 2.05) is 42.2 Å². The first-order chi connectivity index (χ1) is 18.9. The van der Waals surface area contributed by atoms with Crippen LogP contribution in [0, 0.1) is 19.3 Å². The number of piperidine rings is 1. The highest BCUT2D eigenvalue weighted by molar-refractivity contribution is 7.99. The number of hydroxylamine groups is 1. The Kier molecular flexibility index (Phi) is 10.5. The van der Waals surface area contributed by atoms with Crippen LogP contribution in [-0.2, 0) is 24.7 Å². The van der Waals surface area contributed by atoms with Gasteiger partial charge in [0.1, 0.15) is 0 Å². The third-order valence-electron chi connectivity index (χ3n) is 6.44. The van der Waals surface area contributed by atoms with Gasteiger partial charge in [-0.05, 0) is 68.3 Å². The van der Waals surface area contributed by atoms with E-state index in [0.717, 1.165) is 15.4 Å². The minimum atomic E-state index is -4.02. The van der Waals surface area contributed by atoms with E-state index in [2.05, 4.69) is 5.92 Å². The third kappa shape index (κ3) is 7.51. The van der Waals surface area contributed by atoms with Crippen molar-refractivity contribution < 1.29 is 31.4 Å². The van der Waals surface area contributed by atoms with Crippen LogP contribution >= 0.6 is 11.8 Å². The van der Waals surface area contributed by atoms with Crippen LogP contribution in [0.4, 0.5) is 0 Å². The smallest absolute Gasteiger partial charge is 0.292 e. The quantitative estimate of drug-likeness (QED) is 0.159. The summed E-state index contributed by atoms with van der Waals surface area (Å²) in [7, 11) is -8.04. The fraction of sp³-hybridized carbons (Fsp3) is 0.250. The Morgan fingerprint density at radius 3 is 1.95 bits per heavy atom. The molecule has 0 saturated carbocycles. The Morgan fingerprint density at radius 2 is 1.45 bits per heavy atom. The third-order valence-corrected chi connectivity index (χ3v) is 10.8. The van der Waals surface area contributed by atoms with Gasteiger partial charge in [0, 0.05) is 22.9 Å². The van der Waals surface area contributed by atoms with Crippen molar-refractivity contribution in [3.63, 3.8) is 0 Å². The molecular weight excluding hydrogens is 573 g/mol. The Bertz CT molecular complexity index is 1540. The molecule has 1 heterocycles. The molecule has 40 heavy (non-hydrogen) atoms. The Morgan fingerprint density at radius 1 is 0.925 bits per heavy atom. The molecule has 0 bridgehead atoms. The highest BCUT2D eigenvalue weighted by atomic mass is 32.2. The molecule has 1 aliphatic rings. The second kappa shape index (κ2) is 13.5. The minimum Gasteiger partial charge on any atom is -0.292 e. The molecule has 0 radical (unpaired) electrons. The number of nitrogens with zero attached hydrogens (tertiary/aromatic N) is 1. The summed E-state index contributed by atoms with van der Waals surface area (Å²) in [5.41, 5.74) is 2.52. The van der Waals surface area contributed by atoms with E-state index in [1.54, 1.807) is 29.7 Å². The van der Waals surface area contributed by atoms with Gasteiger partial charge in [-0.3, -0.25) is 19.5 Å². The lowest BCUT2D eigenvalue weighted by Crippen LogP contribution is -2.57. The van der Waals surface area contributed by atoms with E-state index in [0.29, 0.717) is 19.6 Å². The normalized spacial score (nSPS) is 15.2. The van der Waals surface area contributed by atoms with Gasteiger partial charge in [-0.2, -0.15) is 8.42 Å². The highest BCUT2D eigenvalue weighted by Gasteiger charge is 2.52. The van der Waals surface area contributed by atoms with Gasteiger partial charge in [-0.15, -0.1) is 6.42 Å². The number of likely N-dealkylation sites (tertiary alicyclic amines) is 1. The van der Waals surface area contributed by atoms with Crippen molar-refractivity contribution in [1.82, 2.24) is 10.4 Å². The first-order valence-electron chi connectivity index (χ1n) is 12.1. The average molecular weight is 603 g/mol. The van der Waals surface area contributed by atoms with Gasteiger partial charge in [0.15, 0.2) is 14.6 Å². The molecule has 0 spiro atoms. The zero-order chi connectivity index (χ0) is 29.4. The molecule has 0 unspecified atom stereocenters. The lowest BCUT2D eigenvalue weighted by atomic mass is 9.95. The fourth-order valence-electron chi connectivity index (χ4n) is 4.17. The maximum Gasteiger partial charge on any atom is 0.294 e. The van der Waals surface area contributed by atoms with Crippen molar-refractivity contribution in [2.75, 3.05) is 19.6 Å². The molecule has 4 rings (SSSR count). The molecule has 1 saturated heterocycles. The summed E-state index contributed by atoms with van der Waals surface area (Å²) in [6.07, 6.45) is 5.45. The molecule has 212 valence electrons. The molecule has 12 heteroatoms. The van der Waals surface area contributed by atoms with Crippen LogP contribution in [0.25, 0.3) is 0 Å². The van der Waals surface area contributed by atoms with Crippen LogP contribution < -0.4 is 5.48 Å². The van der Waals surface area contributed by atoms with Crippen LogP contribution in [0.2, 0.25) is 0 Å². The molecule has 1 aliphatic heterocycles. The molecule has 1 fully saturated rings. The van der Waals surface area contributed by atoms with Crippen molar-refractivity contribution in [2.24, 2.45) is 0 Å². The largest absolute Gasteiger partial charge is 0.294 e. The van der Waals surface area contributed by atoms with E-state index < -0.39 is 30.6 Å². The minimum absolute atomic E-state index is 0.0592. The standard InChI is InChI=1S/C21H22N2O4S2.C7H8O3S/c1-2-14-23-15-12-21(13-16-23,20(24)22-25)29(26,27)19-10-8-18(9-11-19)28-17-6-4-3-5-7-17;1-6-2-4-7(5-3-6)11(8,9)10/h1,3-11,25H,12-16H2,(H,22,24);2-5H,1H3,(H,8,9,10). The van der Waals surface area contributed by atoms with Crippen molar-refractivity contribution in [3.8, 4) is 12.3 Å². The number of amides is 1. The number of hydrogen-bond acceptors (Lipinski definition) is 8. The maximum absolute atomic E-state index is 13.4. The number of carbonyl (C=O) groups excluding carboxylic acids is 1. The summed E-state index contributed by atoms with van der Waals surface area (Å²) < 4.78 is 54.6. The van der Waals surface area contributed by atoms with Crippen LogP contribution in [0.15, 0.2) is 98.4 Å². The van der Waals surface area contributed by atoms with Gasteiger partial charge in [-0.25, -0.2) is 13.9 Å². The first-order valence-corrected chi connectivity index (χ1v) is 15.9.